The van der Waals surface area contributed by atoms with Crippen LogP contribution in [-0.4, -0.2) is 31.9 Å². The standard InChI is InChI=1S/C16H21Cl2NO3S/c1-11(16-13(17)7-4-8-14(16)18)9-19-15(20)10-23(21,22)12-5-2-3-6-12/h4,7-8,11-12H,2-3,5-6,9-10H2,1H3,(H,19,20). The predicted octanol–water partition coefficient (Wildman–Crippen LogP) is 3.57. The Kier molecular flexibility index (Phi) is 6.34. The van der Waals surface area contributed by atoms with Crippen LogP contribution in [0.2, 0.25) is 10.0 Å². The van der Waals surface area contributed by atoms with Crippen LogP contribution in [0.15, 0.2) is 18.2 Å². The number of rotatable bonds is 6. The fraction of sp³-hybridized carbons (Fsp3) is 0.562. The van der Waals surface area contributed by atoms with Gasteiger partial charge in [-0.1, -0.05) is 49.0 Å². The van der Waals surface area contributed by atoms with E-state index in [4.69, 9.17) is 23.2 Å². The van der Waals surface area contributed by atoms with E-state index in [0.717, 1.165) is 18.4 Å². The van der Waals surface area contributed by atoms with Gasteiger partial charge < -0.3 is 5.32 Å². The first-order chi connectivity index (χ1) is 10.8. The second-order valence-corrected chi connectivity index (χ2v) is 9.15. The van der Waals surface area contributed by atoms with Crippen molar-refractivity contribution in [2.45, 2.75) is 43.8 Å². The number of benzene rings is 1. The maximum absolute atomic E-state index is 12.2. The van der Waals surface area contributed by atoms with Gasteiger partial charge in [-0.3, -0.25) is 4.79 Å². The average molecular weight is 378 g/mol. The summed E-state index contributed by atoms with van der Waals surface area (Å²) < 4.78 is 24.3. The third kappa shape index (κ3) is 4.85. The highest BCUT2D eigenvalue weighted by molar-refractivity contribution is 7.92. The third-order valence-electron chi connectivity index (χ3n) is 4.24. The molecule has 23 heavy (non-hydrogen) atoms. The molecule has 0 bridgehead atoms. The zero-order valence-electron chi connectivity index (χ0n) is 13.0. The molecular weight excluding hydrogens is 357 g/mol. The van der Waals surface area contributed by atoms with Crippen LogP contribution in [0.25, 0.3) is 0 Å². The molecule has 1 aromatic carbocycles. The number of carbonyl (C=O) groups is 1. The minimum Gasteiger partial charge on any atom is -0.355 e. The van der Waals surface area contributed by atoms with Crippen molar-refractivity contribution in [3.8, 4) is 0 Å². The topological polar surface area (TPSA) is 63.2 Å². The molecule has 1 amide bonds. The van der Waals surface area contributed by atoms with Crippen molar-refractivity contribution in [2.24, 2.45) is 0 Å². The fourth-order valence-electron chi connectivity index (χ4n) is 2.95. The predicted molar refractivity (Wildman–Crippen MR) is 93.9 cm³/mol. The van der Waals surface area contributed by atoms with Crippen molar-refractivity contribution in [3.63, 3.8) is 0 Å². The van der Waals surface area contributed by atoms with Gasteiger partial charge in [-0.2, -0.15) is 0 Å². The Labute approximate surface area is 147 Å². The molecule has 0 aliphatic heterocycles. The van der Waals surface area contributed by atoms with Gasteiger partial charge in [0, 0.05) is 22.5 Å². The summed E-state index contributed by atoms with van der Waals surface area (Å²) in [5, 5.41) is 3.40. The molecule has 0 aromatic heterocycles. The number of hydrogen-bond acceptors (Lipinski definition) is 3. The second-order valence-electron chi connectivity index (χ2n) is 6.05. The molecule has 0 radical (unpaired) electrons. The van der Waals surface area contributed by atoms with Gasteiger partial charge in [0.25, 0.3) is 0 Å². The molecule has 128 valence electrons. The number of amides is 1. The van der Waals surface area contributed by atoms with E-state index in [1.165, 1.54) is 0 Å². The summed E-state index contributed by atoms with van der Waals surface area (Å²) in [6.07, 6.45) is 3.18. The summed E-state index contributed by atoms with van der Waals surface area (Å²) in [5.74, 6) is -1.01. The Morgan fingerprint density at radius 1 is 1.26 bits per heavy atom. The number of hydrogen-bond donors (Lipinski definition) is 1. The molecule has 7 heteroatoms. The van der Waals surface area contributed by atoms with Gasteiger partial charge in [0.15, 0.2) is 9.84 Å². The largest absolute Gasteiger partial charge is 0.355 e. The summed E-state index contributed by atoms with van der Waals surface area (Å²) in [6, 6.07) is 5.24. The zero-order chi connectivity index (χ0) is 17.0. The summed E-state index contributed by atoms with van der Waals surface area (Å²) in [7, 11) is -3.35. The lowest BCUT2D eigenvalue weighted by molar-refractivity contribution is -0.118. The average Bonchev–Trinajstić information content (AvgIpc) is 2.99. The maximum atomic E-state index is 12.2. The van der Waals surface area contributed by atoms with Gasteiger partial charge in [0.05, 0.1) is 5.25 Å². The van der Waals surface area contributed by atoms with Crippen molar-refractivity contribution < 1.29 is 13.2 Å². The smallest absolute Gasteiger partial charge is 0.235 e. The van der Waals surface area contributed by atoms with Crippen LogP contribution in [0.1, 0.15) is 44.1 Å². The van der Waals surface area contributed by atoms with E-state index in [0.29, 0.717) is 29.4 Å². The van der Waals surface area contributed by atoms with Crippen LogP contribution < -0.4 is 5.32 Å². The SMILES string of the molecule is CC(CNC(=O)CS(=O)(=O)C1CCCC1)c1c(Cl)cccc1Cl. The Bertz CT molecular complexity index is 650. The molecule has 1 aliphatic rings. The van der Waals surface area contributed by atoms with E-state index in [2.05, 4.69) is 5.32 Å². The Morgan fingerprint density at radius 2 is 1.83 bits per heavy atom. The van der Waals surface area contributed by atoms with E-state index < -0.39 is 21.5 Å². The number of halogens is 2. The van der Waals surface area contributed by atoms with Crippen LogP contribution in [0.4, 0.5) is 0 Å². The summed E-state index contributed by atoms with van der Waals surface area (Å²) in [4.78, 5) is 12.0. The number of carbonyl (C=O) groups excluding carboxylic acids is 1. The molecule has 4 nitrogen and oxygen atoms in total. The molecule has 0 heterocycles. The van der Waals surface area contributed by atoms with Crippen molar-refractivity contribution in [3.05, 3.63) is 33.8 Å². The Balaban J connectivity index is 1.91. The van der Waals surface area contributed by atoms with Gasteiger partial charge in [0.2, 0.25) is 5.91 Å². The van der Waals surface area contributed by atoms with E-state index in [1.807, 2.05) is 6.92 Å². The third-order valence-corrected chi connectivity index (χ3v) is 7.05. The highest BCUT2D eigenvalue weighted by atomic mass is 35.5. The second kappa shape index (κ2) is 7.86. The Hall–Kier alpha value is -0.780. The Morgan fingerprint density at radius 3 is 2.39 bits per heavy atom. The minimum absolute atomic E-state index is 0.102. The van der Waals surface area contributed by atoms with Crippen LogP contribution in [0.3, 0.4) is 0 Å². The fourth-order valence-corrected chi connectivity index (χ4v) is 5.47. The quantitative estimate of drug-likeness (QED) is 0.823. The minimum atomic E-state index is -3.35. The van der Waals surface area contributed by atoms with Crippen LogP contribution in [0.5, 0.6) is 0 Å². The van der Waals surface area contributed by atoms with E-state index in [-0.39, 0.29) is 11.2 Å². The van der Waals surface area contributed by atoms with Crippen molar-refractivity contribution in [2.75, 3.05) is 12.3 Å². The summed E-state index contributed by atoms with van der Waals surface area (Å²) in [5.41, 5.74) is 0.759. The highest BCUT2D eigenvalue weighted by Gasteiger charge is 2.30. The molecule has 1 saturated carbocycles. The lowest BCUT2D eigenvalue weighted by Crippen LogP contribution is -2.35. The van der Waals surface area contributed by atoms with Gasteiger partial charge in [-0.15, -0.1) is 0 Å². The van der Waals surface area contributed by atoms with Crippen molar-refractivity contribution in [1.29, 1.82) is 0 Å². The molecular formula is C16H21Cl2NO3S. The molecule has 0 saturated heterocycles. The number of sulfone groups is 1. The first-order valence-corrected chi connectivity index (χ1v) is 10.2. The van der Waals surface area contributed by atoms with Gasteiger partial charge in [-0.25, -0.2) is 8.42 Å². The number of nitrogens with one attached hydrogen (secondary N) is 1. The molecule has 2 rings (SSSR count). The van der Waals surface area contributed by atoms with Gasteiger partial charge in [0.1, 0.15) is 5.75 Å². The first kappa shape index (κ1) is 18.6. The molecule has 1 atom stereocenters. The molecule has 1 unspecified atom stereocenters. The van der Waals surface area contributed by atoms with Crippen LogP contribution >= 0.6 is 23.2 Å². The lowest BCUT2D eigenvalue weighted by atomic mass is 10.0. The first-order valence-electron chi connectivity index (χ1n) is 7.73. The zero-order valence-corrected chi connectivity index (χ0v) is 15.3. The van der Waals surface area contributed by atoms with Crippen LogP contribution in [0, 0.1) is 0 Å². The van der Waals surface area contributed by atoms with Crippen LogP contribution in [-0.2, 0) is 14.6 Å². The van der Waals surface area contributed by atoms with Gasteiger partial charge in [-0.05, 0) is 30.5 Å². The summed E-state index contributed by atoms with van der Waals surface area (Å²) in [6.45, 7) is 2.18. The summed E-state index contributed by atoms with van der Waals surface area (Å²) >= 11 is 12.3. The monoisotopic (exact) mass is 377 g/mol. The maximum Gasteiger partial charge on any atom is 0.235 e. The van der Waals surface area contributed by atoms with Crippen molar-refractivity contribution in [1.82, 2.24) is 5.32 Å². The lowest BCUT2D eigenvalue weighted by Gasteiger charge is -2.17. The molecule has 1 aliphatic carbocycles. The molecule has 1 fully saturated rings. The van der Waals surface area contributed by atoms with Crippen molar-refractivity contribution >= 4 is 38.9 Å². The van der Waals surface area contributed by atoms with E-state index >= 15 is 0 Å². The normalized spacial score (nSPS) is 17.2. The van der Waals surface area contributed by atoms with E-state index in [9.17, 15) is 13.2 Å². The van der Waals surface area contributed by atoms with E-state index in [1.54, 1.807) is 18.2 Å². The highest BCUT2D eigenvalue weighted by Crippen LogP contribution is 2.31. The molecule has 1 N–H and O–H groups in total. The molecule has 1 aromatic rings. The molecule has 0 spiro atoms. The van der Waals surface area contributed by atoms with Gasteiger partial charge >= 0.3 is 0 Å².